The van der Waals surface area contributed by atoms with Crippen molar-refractivity contribution in [2.24, 2.45) is 0 Å². The number of hydrogen-bond acceptors (Lipinski definition) is 7. The van der Waals surface area contributed by atoms with Crippen LogP contribution in [0.1, 0.15) is 22.9 Å². The van der Waals surface area contributed by atoms with Gasteiger partial charge in [0, 0.05) is 12.5 Å². The number of fused-ring (bicyclic) bond motifs is 1. The molecule has 0 saturated carbocycles. The first kappa shape index (κ1) is 13.1. The van der Waals surface area contributed by atoms with Gasteiger partial charge in [0.2, 0.25) is 10.3 Å². The van der Waals surface area contributed by atoms with Crippen LogP contribution >= 0.6 is 11.3 Å². The van der Waals surface area contributed by atoms with Crippen molar-refractivity contribution in [3.63, 3.8) is 0 Å². The summed E-state index contributed by atoms with van der Waals surface area (Å²) in [6, 6.07) is 7.29. The number of nitrogens with zero attached hydrogens (tertiary/aromatic N) is 4. The van der Waals surface area contributed by atoms with Crippen LogP contribution in [0.3, 0.4) is 0 Å². The predicted molar refractivity (Wildman–Crippen MR) is 83.9 cm³/mol. The van der Waals surface area contributed by atoms with Gasteiger partial charge in [-0.1, -0.05) is 23.5 Å². The highest BCUT2D eigenvalue weighted by atomic mass is 32.1. The van der Waals surface area contributed by atoms with Gasteiger partial charge in [0.1, 0.15) is 5.75 Å². The molecule has 0 amide bonds. The average molecular weight is 314 g/mol. The fourth-order valence-corrected chi connectivity index (χ4v) is 3.44. The highest BCUT2D eigenvalue weighted by molar-refractivity contribution is 7.18. The van der Waals surface area contributed by atoms with Crippen LogP contribution in [0.2, 0.25) is 0 Å². The first-order valence-corrected chi connectivity index (χ1v) is 7.67. The van der Waals surface area contributed by atoms with Crippen LogP contribution in [0.5, 0.6) is 5.75 Å². The second-order valence-electron chi connectivity index (χ2n) is 5.22. The number of phenols is 1. The third kappa shape index (κ3) is 2.17. The van der Waals surface area contributed by atoms with Crippen molar-refractivity contribution in [1.82, 2.24) is 20.2 Å². The van der Waals surface area contributed by atoms with Crippen LogP contribution in [0.15, 0.2) is 30.6 Å². The molecule has 4 N–H and O–H groups in total. The van der Waals surface area contributed by atoms with Gasteiger partial charge in [-0.3, -0.25) is 0 Å². The summed E-state index contributed by atoms with van der Waals surface area (Å²) >= 11 is 1.37. The standard InChI is InChI=1S/C14H14N6OS/c15-13-18-19-14(22-13)20-5-10(8-2-1-3-9(21)4-8)12-11(6-20)16-7-17-12/h1-4,7,10,21H,5-6H2,(H2,15,18)(H,16,17). The maximum atomic E-state index is 9.75. The second-order valence-corrected chi connectivity index (χ2v) is 6.20. The summed E-state index contributed by atoms with van der Waals surface area (Å²) in [4.78, 5) is 9.77. The summed E-state index contributed by atoms with van der Waals surface area (Å²) < 4.78 is 0. The Balaban J connectivity index is 1.75. The summed E-state index contributed by atoms with van der Waals surface area (Å²) in [7, 11) is 0. The highest BCUT2D eigenvalue weighted by Gasteiger charge is 2.30. The molecule has 0 spiro atoms. The van der Waals surface area contributed by atoms with Crippen molar-refractivity contribution in [2.45, 2.75) is 12.5 Å². The van der Waals surface area contributed by atoms with Crippen molar-refractivity contribution in [3.05, 3.63) is 47.5 Å². The number of aromatic amines is 1. The number of hydrogen-bond donors (Lipinski definition) is 3. The topological polar surface area (TPSA) is 104 Å². The first-order valence-electron chi connectivity index (χ1n) is 6.85. The SMILES string of the molecule is Nc1nnc(N2Cc3[nH]cnc3C(c3cccc(O)c3)C2)s1. The van der Waals surface area contributed by atoms with Crippen LogP contribution in [-0.4, -0.2) is 31.8 Å². The minimum atomic E-state index is 0.0622. The summed E-state index contributed by atoms with van der Waals surface area (Å²) in [5.41, 5.74) is 8.78. The van der Waals surface area contributed by atoms with Gasteiger partial charge in [-0.05, 0) is 17.7 Å². The molecule has 1 atom stereocenters. The molecule has 8 heteroatoms. The van der Waals surface area contributed by atoms with E-state index in [1.54, 1.807) is 18.5 Å². The number of anilines is 2. The van der Waals surface area contributed by atoms with Crippen LogP contribution in [0, 0.1) is 0 Å². The molecule has 3 aromatic rings. The van der Waals surface area contributed by atoms with E-state index in [4.69, 9.17) is 5.73 Å². The molecule has 1 unspecified atom stereocenters. The molecular formula is C14H14N6OS. The summed E-state index contributed by atoms with van der Waals surface area (Å²) in [5, 5.41) is 19.0. The summed E-state index contributed by atoms with van der Waals surface area (Å²) in [6.45, 7) is 1.41. The zero-order valence-corrected chi connectivity index (χ0v) is 12.4. The van der Waals surface area contributed by atoms with Gasteiger partial charge >= 0.3 is 0 Å². The zero-order chi connectivity index (χ0) is 15.1. The van der Waals surface area contributed by atoms with Gasteiger partial charge in [-0.15, -0.1) is 10.2 Å². The summed E-state index contributed by atoms with van der Waals surface area (Å²) in [5.74, 6) is 0.319. The van der Waals surface area contributed by atoms with Crippen molar-refractivity contribution in [3.8, 4) is 5.75 Å². The number of aromatic nitrogens is 4. The van der Waals surface area contributed by atoms with Gasteiger partial charge in [0.25, 0.3) is 0 Å². The molecular weight excluding hydrogens is 300 g/mol. The number of imidazole rings is 1. The fourth-order valence-electron chi connectivity index (χ4n) is 2.83. The van der Waals surface area contributed by atoms with Crippen molar-refractivity contribution < 1.29 is 5.11 Å². The van der Waals surface area contributed by atoms with Crippen LogP contribution in [0.25, 0.3) is 0 Å². The van der Waals surface area contributed by atoms with Gasteiger partial charge in [-0.25, -0.2) is 4.98 Å². The quantitative estimate of drug-likeness (QED) is 0.665. The maximum absolute atomic E-state index is 9.75. The van der Waals surface area contributed by atoms with Gasteiger partial charge in [0.15, 0.2) is 0 Å². The van der Waals surface area contributed by atoms with Crippen molar-refractivity contribution >= 4 is 21.6 Å². The Kier molecular flexibility index (Phi) is 2.97. The molecule has 112 valence electrons. The second kappa shape index (κ2) is 4.99. The fraction of sp³-hybridized carbons (Fsp3) is 0.214. The van der Waals surface area contributed by atoms with Crippen molar-refractivity contribution in [2.75, 3.05) is 17.2 Å². The Morgan fingerprint density at radius 3 is 3.05 bits per heavy atom. The molecule has 1 aliphatic rings. The van der Waals surface area contributed by atoms with Gasteiger partial charge in [0.05, 0.1) is 24.3 Å². The molecule has 0 radical (unpaired) electrons. The van der Waals surface area contributed by atoms with Gasteiger partial charge in [-0.2, -0.15) is 0 Å². The smallest absolute Gasteiger partial charge is 0.210 e. The number of nitrogens with one attached hydrogen (secondary N) is 1. The molecule has 0 saturated heterocycles. The molecule has 0 aliphatic carbocycles. The van der Waals surface area contributed by atoms with E-state index >= 15 is 0 Å². The van der Waals surface area contributed by atoms with Crippen LogP contribution in [0.4, 0.5) is 10.3 Å². The Morgan fingerprint density at radius 2 is 2.27 bits per heavy atom. The minimum absolute atomic E-state index is 0.0622. The number of nitrogen functional groups attached to an aromatic ring is 1. The monoisotopic (exact) mass is 314 g/mol. The number of benzene rings is 1. The third-order valence-electron chi connectivity index (χ3n) is 3.81. The molecule has 3 heterocycles. The van der Waals surface area contributed by atoms with E-state index in [-0.39, 0.29) is 11.7 Å². The highest BCUT2D eigenvalue weighted by Crippen LogP contribution is 2.36. The Morgan fingerprint density at radius 1 is 1.36 bits per heavy atom. The number of H-pyrrole nitrogens is 1. The number of nitrogens with two attached hydrogens (primary N) is 1. The summed E-state index contributed by atoms with van der Waals surface area (Å²) in [6.07, 6.45) is 1.71. The van der Waals surface area contributed by atoms with Crippen LogP contribution in [-0.2, 0) is 6.54 Å². The van der Waals surface area contributed by atoms with E-state index in [0.29, 0.717) is 11.7 Å². The van der Waals surface area contributed by atoms with E-state index < -0.39 is 0 Å². The molecule has 1 aliphatic heterocycles. The lowest BCUT2D eigenvalue weighted by Gasteiger charge is -2.31. The number of rotatable bonds is 2. The van der Waals surface area contributed by atoms with E-state index in [9.17, 15) is 5.11 Å². The number of phenolic OH excluding ortho intramolecular Hbond substituents is 1. The third-order valence-corrected chi connectivity index (χ3v) is 4.62. The predicted octanol–water partition coefficient (Wildman–Crippen LogP) is 1.70. The van der Waals surface area contributed by atoms with E-state index in [0.717, 1.165) is 28.6 Å². The average Bonchev–Trinajstić information content (AvgIpc) is 3.14. The zero-order valence-electron chi connectivity index (χ0n) is 11.6. The Labute approximate surface area is 130 Å². The van der Waals surface area contributed by atoms with E-state index in [2.05, 4.69) is 25.1 Å². The molecule has 0 bridgehead atoms. The molecule has 7 nitrogen and oxygen atoms in total. The minimum Gasteiger partial charge on any atom is -0.508 e. The Bertz CT molecular complexity index is 813. The van der Waals surface area contributed by atoms with E-state index in [1.807, 2.05) is 12.1 Å². The maximum Gasteiger partial charge on any atom is 0.210 e. The largest absolute Gasteiger partial charge is 0.508 e. The lowest BCUT2D eigenvalue weighted by molar-refractivity contribution is 0.473. The molecule has 1 aromatic carbocycles. The number of aromatic hydroxyl groups is 1. The molecule has 2 aromatic heterocycles. The molecule has 4 rings (SSSR count). The van der Waals surface area contributed by atoms with Crippen molar-refractivity contribution in [1.29, 1.82) is 0 Å². The first-order chi connectivity index (χ1) is 10.7. The van der Waals surface area contributed by atoms with Crippen LogP contribution < -0.4 is 10.6 Å². The molecule has 0 fully saturated rings. The Hall–Kier alpha value is -2.61. The lowest BCUT2D eigenvalue weighted by atomic mass is 9.91. The lowest BCUT2D eigenvalue weighted by Crippen LogP contribution is -2.34. The van der Waals surface area contributed by atoms with Gasteiger partial charge < -0.3 is 20.7 Å². The molecule has 22 heavy (non-hydrogen) atoms. The normalized spacial score (nSPS) is 17.5. The van der Waals surface area contributed by atoms with E-state index in [1.165, 1.54) is 11.3 Å².